The number of thiazole rings is 1. The third-order valence-electron chi connectivity index (χ3n) is 3.38. The summed E-state index contributed by atoms with van der Waals surface area (Å²) in [5, 5.41) is 15.4. The number of methoxy groups -OCH3 is 1. The second-order valence-corrected chi connectivity index (χ2v) is 8.36. The van der Waals surface area contributed by atoms with Crippen molar-refractivity contribution in [3.05, 3.63) is 40.9 Å². The first-order chi connectivity index (χ1) is 12.7. The molecular formula is C17H18N4O2S3. The number of ether oxygens (including phenoxy) is 1. The third kappa shape index (κ3) is 4.80. The van der Waals surface area contributed by atoms with Gasteiger partial charge in [-0.3, -0.25) is 0 Å². The highest BCUT2D eigenvalue weighted by Gasteiger charge is 2.10. The number of hydrogen-bond acceptors (Lipinski definition) is 9. The molecule has 3 rings (SSSR count). The van der Waals surface area contributed by atoms with E-state index in [-0.39, 0.29) is 5.97 Å². The van der Waals surface area contributed by atoms with Crippen LogP contribution in [0.25, 0.3) is 10.6 Å². The van der Waals surface area contributed by atoms with Crippen LogP contribution >= 0.6 is 34.4 Å². The van der Waals surface area contributed by atoms with Crippen molar-refractivity contribution in [2.24, 2.45) is 0 Å². The van der Waals surface area contributed by atoms with E-state index in [0.717, 1.165) is 44.5 Å². The summed E-state index contributed by atoms with van der Waals surface area (Å²) in [6.07, 6.45) is 1.06. The number of hydrogen-bond donors (Lipinski definition) is 1. The number of carbonyl (C=O) groups is 1. The van der Waals surface area contributed by atoms with E-state index >= 15 is 0 Å². The number of esters is 1. The van der Waals surface area contributed by atoms with Crippen LogP contribution in [0.3, 0.4) is 0 Å². The maximum atomic E-state index is 11.5. The Morgan fingerprint density at radius 2 is 2.08 bits per heavy atom. The smallest absolute Gasteiger partial charge is 0.337 e. The van der Waals surface area contributed by atoms with E-state index in [0.29, 0.717) is 5.56 Å². The molecule has 0 atom stereocenters. The van der Waals surface area contributed by atoms with Gasteiger partial charge in [-0.05, 0) is 18.6 Å². The van der Waals surface area contributed by atoms with Gasteiger partial charge < -0.3 is 10.1 Å². The van der Waals surface area contributed by atoms with Crippen LogP contribution < -0.4 is 5.32 Å². The fourth-order valence-electron chi connectivity index (χ4n) is 2.08. The molecule has 6 nitrogen and oxygen atoms in total. The van der Waals surface area contributed by atoms with Gasteiger partial charge in [0.15, 0.2) is 4.34 Å². The van der Waals surface area contributed by atoms with E-state index in [1.807, 2.05) is 17.5 Å². The molecule has 0 radical (unpaired) electrons. The number of anilines is 1. The zero-order valence-electron chi connectivity index (χ0n) is 14.4. The van der Waals surface area contributed by atoms with Crippen molar-refractivity contribution >= 4 is 45.5 Å². The minimum absolute atomic E-state index is 0.336. The molecule has 9 heteroatoms. The summed E-state index contributed by atoms with van der Waals surface area (Å²) in [6.45, 7) is 3.02. The Morgan fingerprint density at radius 3 is 2.81 bits per heavy atom. The Bertz CT molecular complexity index is 861. The highest BCUT2D eigenvalue weighted by Crippen LogP contribution is 2.30. The van der Waals surface area contributed by atoms with Gasteiger partial charge in [-0.2, -0.15) is 0 Å². The van der Waals surface area contributed by atoms with Crippen molar-refractivity contribution in [3.8, 4) is 10.6 Å². The first kappa shape index (κ1) is 18.8. The fraction of sp³-hybridized carbons (Fsp3) is 0.294. The predicted molar refractivity (Wildman–Crippen MR) is 107 cm³/mol. The lowest BCUT2D eigenvalue weighted by molar-refractivity contribution is 0.0601. The highest BCUT2D eigenvalue weighted by atomic mass is 32.2. The van der Waals surface area contributed by atoms with Gasteiger partial charge in [0.05, 0.1) is 18.4 Å². The summed E-state index contributed by atoms with van der Waals surface area (Å²) >= 11 is 4.79. The number of rotatable bonds is 8. The summed E-state index contributed by atoms with van der Waals surface area (Å²) in [4.78, 5) is 16.2. The molecule has 2 heterocycles. The van der Waals surface area contributed by atoms with E-state index in [1.54, 1.807) is 46.6 Å². The second kappa shape index (κ2) is 9.11. The van der Waals surface area contributed by atoms with Crippen molar-refractivity contribution in [1.29, 1.82) is 0 Å². The highest BCUT2D eigenvalue weighted by molar-refractivity contribution is 8.00. The van der Waals surface area contributed by atoms with E-state index < -0.39 is 0 Å². The average molecular weight is 407 g/mol. The first-order valence-electron chi connectivity index (χ1n) is 8.03. The topological polar surface area (TPSA) is 77.0 Å². The lowest BCUT2D eigenvalue weighted by Crippen LogP contribution is -2.00. The van der Waals surface area contributed by atoms with Crippen molar-refractivity contribution in [3.63, 3.8) is 0 Å². The normalized spacial score (nSPS) is 10.7. The molecular weight excluding hydrogens is 388 g/mol. The number of thioether (sulfide) groups is 1. The molecule has 0 saturated carbocycles. The fourth-order valence-corrected chi connectivity index (χ4v) is 4.68. The maximum Gasteiger partial charge on any atom is 0.337 e. The molecule has 1 N–H and O–H groups in total. The Labute approximate surface area is 164 Å². The Balaban J connectivity index is 1.59. The summed E-state index contributed by atoms with van der Waals surface area (Å²) in [7, 11) is 1.38. The van der Waals surface area contributed by atoms with Crippen LogP contribution in [0.4, 0.5) is 5.13 Å². The van der Waals surface area contributed by atoms with Crippen molar-refractivity contribution in [2.75, 3.05) is 19.0 Å². The first-order valence-corrected chi connectivity index (χ1v) is 10.7. The van der Waals surface area contributed by atoms with Gasteiger partial charge in [-0.1, -0.05) is 42.2 Å². The van der Waals surface area contributed by atoms with Gasteiger partial charge in [-0.25, -0.2) is 9.78 Å². The zero-order chi connectivity index (χ0) is 18.4. The summed E-state index contributed by atoms with van der Waals surface area (Å²) in [5.41, 5.74) is 2.53. The van der Waals surface area contributed by atoms with Gasteiger partial charge in [0.25, 0.3) is 0 Å². The number of nitrogens with one attached hydrogen (secondary N) is 1. The van der Waals surface area contributed by atoms with Crippen LogP contribution in [-0.4, -0.2) is 34.8 Å². The molecule has 0 amide bonds. The molecule has 2 aromatic heterocycles. The van der Waals surface area contributed by atoms with Crippen molar-refractivity contribution < 1.29 is 9.53 Å². The van der Waals surface area contributed by atoms with Crippen LogP contribution in [0.5, 0.6) is 0 Å². The Kier molecular flexibility index (Phi) is 6.59. The largest absolute Gasteiger partial charge is 0.465 e. The molecule has 0 saturated heterocycles. The summed E-state index contributed by atoms with van der Waals surface area (Å²) in [5.74, 6) is 0.414. The van der Waals surface area contributed by atoms with Gasteiger partial charge in [0, 0.05) is 23.2 Å². The van der Waals surface area contributed by atoms with Gasteiger partial charge in [0.1, 0.15) is 5.01 Å². The quantitative estimate of drug-likeness (QED) is 0.434. The standard InChI is InChI=1S/C17H18N4O2S3/c1-3-8-18-16-20-21-17(26-16)25-10-13-9-24-14(19-13)11-4-6-12(7-5-11)15(22)23-2/h4-7,9H,3,8,10H2,1-2H3,(H,18,20). The zero-order valence-corrected chi connectivity index (χ0v) is 16.8. The molecule has 0 aliphatic carbocycles. The molecule has 0 unspecified atom stereocenters. The lowest BCUT2D eigenvalue weighted by Gasteiger charge is -2.00. The number of nitrogens with zero attached hydrogens (tertiary/aromatic N) is 3. The molecule has 3 aromatic rings. The van der Waals surface area contributed by atoms with E-state index in [1.165, 1.54) is 7.11 Å². The molecule has 136 valence electrons. The molecule has 0 spiro atoms. The van der Waals surface area contributed by atoms with Gasteiger partial charge in [0.2, 0.25) is 5.13 Å². The van der Waals surface area contributed by atoms with Gasteiger partial charge >= 0.3 is 5.97 Å². The van der Waals surface area contributed by atoms with Crippen molar-refractivity contribution in [2.45, 2.75) is 23.4 Å². The van der Waals surface area contributed by atoms with Crippen LogP contribution in [0.2, 0.25) is 0 Å². The van der Waals surface area contributed by atoms with E-state index in [2.05, 4.69) is 27.4 Å². The van der Waals surface area contributed by atoms with E-state index in [9.17, 15) is 4.79 Å². The van der Waals surface area contributed by atoms with E-state index in [4.69, 9.17) is 4.74 Å². The van der Waals surface area contributed by atoms with Gasteiger partial charge in [-0.15, -0.1) is 21.5 Å². The lowest BCUT2D eigenvalue weighted by atomic mass is 10.1. The molecule has 0 aliphatic rings. The molecule has 0 aliphatic heterocycles. The molecule has 0 fully saturated rings. The minimum atomic E-state index is -0.336. The SMILES string of the molecule is CCCNc1nnc(SCc2csc(-c3ccc(C(=O)OC)cc3)n2)s1. The summed E-state index contributed by atoms with van der Waals surface area (Å²) < 4.78 is 5.65. The number of carbonyl (C=O) groups excluding carboxylic acids is 1. The number of aromatic nitrogens is 3. The predicted octanol–water partition coefficient (Wildman–Crippen LogP) is 4.56. The van der Waals surface area contributed by atoms with Crippen LogP contribution in [0.15, 0.2) is 34.0 Å². The second-order valence-electron chi connectivity index (χ2n) is 5.30. The Hall–Kier alpha value is -1.97. The monoisotopic (exact) mass is 406 g/mol. The molecule has 1 aromatic carbocycles. The maximum absolute atomic E-state index is 11.5. The van der Waals surface area contributed by atoms with Crippen LogP contribution in [0, 0.1) is 0 Å². The average Bonchev–Trinajstić information content (AvgIpc) is 3.33. The van der Waals surface area contributed by atoms with Crippen molar-refractivity contribution in [1.82, 2.24) is 15.2 Å². The molecule has 0 bridgehead atoms. The third-order valence-corrected chi connectivity index (χ3v) is 6.37. The number of benzene rings is 1. The Morgan fingerprint density at radius 1 is 1.27 bits per heavy atom. The molecule has 26 heavy (non-hydrogen) atoms. The van der Waals surface area contributed by atoms with Crippen LogP contribution in [-0.2, 0) is 10.5 Å². The minimum Gasteiger partial charge on any atom is -0.465 e. The summed E-state index contributed by atoms with van der Waals surface area (Å²) in [6, 6.07) is 7.28. The van der Waals surface area contributed by atoms with Crippen LogP contribution in [0.1, 0.15) is 29.4 Å².